The van der Waals surface area contributed by atoms with Crippen molar-refractivity contribution >= 4 is 0 Å². The summed E-state index contributed by atoms with van der Waals surface area (Å²) in [6.07, 6.45) is 11.5. The van der Waals surface area contributed by atoms with Crippen molar-refractivity contribution in [1.29, 1.82) is 0 Å². The maximum Gasteiger partial charge on any atom is 0.0174 e. The summed E-state index contributed by atoms with van der Waals surface area (Å²) in [5.41, 5.74) is 4.16. The van der Waals surface area contributed by atoms with Crippen LogP contribution in [0.25, 0.3) is 0 Å². The second-order valence-electron chi connectivity index (χ2n) is 10.8. The van der Waals surface area contributed by atoms with E-state index in [-0.39, 0.29) is 5.54 Å². The maximum absolute atomic E-state index is 2.82. The van der Waals surface area contributed by atoms with Crippen molar-refractivity contribution in [2.45, 2.75) is 106 Å². The highest BCUT2D eigenvalue weighted by Gasteiger charge is 2.63. The van der Waals surface area contributed by atoms with E-state index in [0.29, 0.717) is 10.8 Å². The van der Waals surface area contributed by atoms with Crippen LogP contribution in [-0.4, -0.2) is 23.0 Å². The zero-order valence-electron chi connectivity index (χ0n) is 18.5. The first kappa shape index (κ1) is 20.7. The van der Waals surface area contributed by atoms with Gasteiger partial charge in [-0.05, 0) is 90.4 Å². The van der Waals surface area contributed by atoms with Crippen LogP contribution in [-0.2, 0) is 0 Å². The van der Waals surface area contributed by atoms with Crippen molar-refractivity contribution in [2.24, 2.45) is 16.7 Å². The monoisotopic (exact) mass is 345 g/mol. The zero-order valence-corrected chi connectivity index (χ0v) is 18.5. The molecule has 2 bridgehead atoms. The maximum atomic E-state index is 2.82. The molecule has 0 aromatic rings. The van der Waals surface area contributed by atoms with Crippen LogP contribution in [0.1, 0.15) is 94.4 Å². The Balaban J connectivity index is 2.13. The topological polar surface area (TPSA) is 3.24 Å². The molecule has 0 spiro atoms. The van der Waals surface area contributed by atoms with Crippen molar-refractivity contribution in [3.05, 3.63) is 23.3 Å². The Morgan fingerprint density at radius 2 is 1.72 bits per heavy atom. The first-order valence-corrected chi connectivity index (χ1v) is 10.5. The van der Waals surface area contributed by atoms with Gasteiger partial charge in [-0.25, -0.2) is 0 Å². The number of allylic oxidation sites excluding steroid dienone is 3. The fourth-order valence-corrected chi connectivity index (χ4v) is 5.45. The lowest BCUT2D eigenvalue weighted by Crippen LogP contribution is -2.54. The Labute approximate surface area is 158 Å². The molecule has 0 aliphatic heterocycles. The standard InChI is InChI=1S/C24H43N/c1-18(2)11-10-12-19(3)14-16-25(22(4,5)6)21-17-20-13-15-24(21,9)23(20,7)8/h11,14,20-21H,10,12-13,15-17H2,1-9H3/b19-14+. The molecule has 0 N–H and O–H groups in total. The van der Waals surface area contributed by atoms with E-state index in [0.717, 1.165) is 18.5 Å². The zero-order chi connectivity index (χ0) is 19.0. The van der Waals surface area contributed by atoms with Gasteiger partial charge in [-0.2, -0.15) is 0 Å². The van der Waals surface area contributed by atoms with E-state index in [9.17, 15) is 0 Å². The van der Waals surface area contributed by atoms with Gasteiger partial charge in [0.2, 0.25) is 0 Å². The summed E-state index contributed by atoms with van der Waals surface area (Å²) >= 11 is 0. The van der Waals surface area contributed by atoms with Gasteiger partial charge in [0.25, 0.3) is 0 Å². The Bertz CT molecular complexity index is 527. The number of fused-ring (bicyclic) bond motifs is 2. The second-order valence-corrected chi connectivity index (χ2v) is 10.8. The predicted octanol–water partition coefficient (Wildman–Crippen LogP) is 6.99. The molecule has 0 aromatic heterocycles. The molecule has 0 saturated heterocycles. The first-order valence-electron chi connectivity index (χ1n) is 10.5. The van der Waals surface area contributed by atoms with Gasteiger partial charge in [0.05, 0.1) is 0 Å². The van der Waals surface area contributed by atoms with Gasteiger partial charge in [0, 0.05) is 18.1 Å². The molecule has 0 aromatic carbocycles. The van der Waals surface area contributed by atoms with Gasteiger partial charge in [0.15, 0.2) is 0 Å². The molecule has 144 valence electrons. The predicted molar refractivity (Wildman–Crippen MR) is 112 cm³/mol. The van der Waals surface area contributed by atoms with Crippen molar-refractivity contribution in [2.75, 3.05) is 6.54 Å². The van der Waals surface area contributed by atoms with Crippen LogP contribution in [0.3, 0.4) is 0 Å². The normalized spacial score (nSPS) is 31.7. The van der Waals surface area contributed by atoms with E-state index in [4.69, 9.17) is 0 Å². The van der Waals surface area contributed by atoms with E-state index >= 15 is 0 Å². The summed E-state index contributed by atoms with van der Waals surface area (Å²) in [5.74, 6) is 0.912. The Kier molecular flexibility index (Phi) is 5.99. The highest BCUT2D eigenvalue weighted by molar-refractivity contribution is 5.15. The molecule has 1 heteroatoms. The summed E-state index contributed by atoms with van der Waals surface area (Å²) in [4.78, 5) is 2.82. The number of rotatable bonds is 6. The summed E-state index contributed by atoms with van der Waals surface area (Å²) in [6, 6.07) is 0.725. The summed E-state index contributed by atoms with van der Waals surface area (Å²) in [7, 11) is 0. The van der Waals surface area contributed by atoms with Crippen LogP contribution in [0.15, 0.2) is 23.3 Å². The van der Waals surface area contributed by atoms with E-state index in [1.165, 1.54) is 37.7 Å². The smallest absolute Gasteiger partial charge is 0.0174 e. The minimum Gasteiger partial charge on any atom is -0.291 e. The molecular formula is C24H43N. The average molecular weight is 346 g/mol. The molecular weight excluding hydrogens is 302 g/mol. The lowest BCUT2D eigenvalue weighted by Gasteiger charge is -2.49. The van der Waals surface area contributed by atoms with Gasteiger partial charge in [-0.15, -0.1) is 0 Å². The minimum atomic E-state index is 0.227. The lowest BCUT2D eigenvalue weighted by molar-refractivity contribution is -0.000522. The number of nitrogens with zero attached hydrogens (tertiary/aromatic N) is 1. The molecule has 0 radical (unpaired) electrons. The van der Waals surface area contributed by atoms with Crippen molar-refractivity contribution < 1.29 is 0 Å². The minimum absolute atomic E-state index is 0.227. The SMILES string of the molecule is CC(C)=CCC/C(C)=C/CN(C1CC2CCC1(C)C2(C)C)C(C)(C)C. The molecule has 2 aliphatic rings. The van der Waals surface area contributed by atoms with Gasteiger partial charge in [-0.1, -0.05) is 44.1 Å². The van der Waals surface area contributed by atoms with E-state index in [1.807, 2.05) is 0 Å². The third-order valence-corrected chi connectivity index (χ3v) is 7.71. The molecule has 0 amide bonds. The van der Waals surface area contributed by atoms with Crippen molar-refractivity contribution in [1.82, 2.24) is 4.90 Å². The molecule has 3 unspecified atom stereocenters. The molecule has 2 aliphatic carbocycles. The van der Waals surface area contributed by atoms with Crippen molar-refractivity contribution in [3.8, 4) is 0 Å². The third kappa shape index (κ3) is 4.07. The van der Waals surface area contributed by atoms with Gasteiger partial charge >= 0.3 is 0 Å². The molecule has 2 fully saturated rings. The van der Waals surface area contributed by atoms with E-state index < -0.39 is 0 Å². The highest BCUT2D eigenvalue weighted by Crippen LogP contribution is 2.67. The van der Waals surface area contributed by atoms with Crippen LogP contribution in [0.2, 0.25) is 0 Å². The highest BCUT2D eigenvalue weighted by atomic mass is 15.2. The average Bonchev–Trinajstić information content (AvgIpc) is 2.79. The van der Waals surface area contributed by atoms with Gasteiger partial charge in [0.1, 0.15) is 0 Å². The number of hydrogen-bond donors (Lipinski definition) is 0. The van der Waals surface area contributed by atoms with Gasteiger partial charge in [-0.3, -0.25) is 4.90 Å². The second kappa shape index (κ2) is 7.22. The molecule has 0 heterocycles. The Hall–Kier alpha value is -0.560. The van der Waals surface area contributed by atoms with Gasteiger partial charge < -0.3 is 0 Å². The molecule has 3 atom stereocenters. The fraction of sp³-hybridized carbons (Fsp3) is 0.833. The molecule has 25 heavy (non-hydrogen) atoms. The largest absolute Gasteiger partial charge is 0.291 e. The molecule has 2 rings (SSSR count). The summed E-state index contributed by atoms with van der Waals surface area (Å²) in [6.45, 7) is 22.7. The van der Waals surface area contributed by atoms with Crippen LogP contribution < -0.4 is 0 Å². The summed E-state index contributed by atoms with van der Waals surface area (Å²) < 4.78 is 0. The number of hydrogen-bond acceptors (Lipinski definition) is 1. The van der Waals surface area contributed by atoms with Crippen LogP contribution >= 0.6 is 0 Å². The van der Waals surface area contributed by atoms with Crippen LogP contribution in [0.4, 0.5) is 0 Å². The van der Waals surface area contributed by atoms with E-state index in [2.05, 4.69) is 79.4 Å². The quantitative estimate of drug-likeness (QED) is 0.469. The fourth-order valence-electron chi connectivity index (χ4n) is 5.45. The lowest BCUT2D eigenvalue weighted by atomic mass is 9.68. The Morgan fingerprint density at radius 1 is 1.08 bits per heavy atom. The van der Waals surface area contributed by atoms with E-state index in [1.54, 1.807) is 5.57 Å². The summed E-state index contributed by atoms with van der Waals surface area (Å²) in [5, 5.41) is 0. The Morgan fingerprint density at radius 3 is 2.16 bits per heavy atom. The third-order valence-electron chi connectivity index (χ3n) is 7.71. The first-order chi connectivity index (χ1) is 11.4. The van der Waals surface area contributed by atoms with Crippen LogP contribution in [0.5, 0.6) is 0 Å². The van der Waals surface area contributed by atoms with Crippen molar-refractivity contribution in [3.63, 3.8) is 0 Å². The molecule has 1 nitrogen and oxygen atoms in total. The van der Waals surface area contributed by atoms with Crippen LogP contribution in [0, 0.1) is 16.7 Å². The molecule has 2 saturated carbocycles.